The first-order valence-corrected chi connectivity index (χ1v) is 6.22. The maximum absolute atomic E-state index is 11.6. The molecule has 7 heteroatoms. The molecule has 1 aromatic rings. The molecule has 0 unspecified atom stereocenters. The van der Waals surface area contributed by atoms with Crippen LogP contribution in [0.25, 0.3) is 0 Å². The van der Waals surface area contributed by atoms with E-state index in [0.717, 1.165) is 6.42 Å². The number of carbonyl (C=O) groups is 1. The smallest absolute Gasteiger partial charge is 0.314 e. The van der Waals surface area contributed by atoms with Crippen LogP contribution in [0.5, 0.6) is 11.5 Å². The zero-order chi connectivity index (χ0) is 15.1. The maximum Gasteiger partial charge on any atom is 0.314 e. The number of amides is 1. The van der Waals surface area contributed by atoms with Gasteiger partial charge in [0.2, 0.25) is 0 Å². The lowest BCUT2D eigenvalue weighted by Gasteiger charge is -2.12. The Morgan fingerprint density at radius 1 is 1.50 bits per heavy atom. The van der Waals surface area contributed by atoms with Crippen molar-refractivity contribution in [1.29, 1.82) is 0 Å². The molecular weight excluding hydrogens is 264 g/mol. The lowest BCUT2D eigenvalue weighted by Crippen LogP contribution is -2.35. The van der Waals surface area contributed by atoms with Crippen LogP contribution in [0, 0.1) is 10.1 Å². The van der Waals surface area contributed by atoms with Gasteiger partial charge in [-0.15, -0.1) is 0 Å². The largest absolute Gasteiger partial charge is 0.496 e. The van der Waals surface area contributed by atoms with Crippen molar-refractivity contribution in [2.75, 3.05) is 13.7 Å². The van der Waals surface area contributed by atoms with Crippen LogP contribution >= 0.6 is 0 Å². The number of benzene rings is 1. The monoisotopic (exact) mass is 282 g/mol. The SMILES string of the molecule is CC[C@@H](C)NC(=O)COc1ccc(OC)cc1[N+](=O)[O-]. The first-order valence-electron chi connectivity index (χ1n) is 6.22. The number of hydrogen-bond acceptors (Lipinski definition) is 5. The first-order chi connectivity index (χ1) is 9.47. The molecule has 1 N–H and O–H groups in total. The van der Waals surface area contributed by atoms with Crippen LogP contribution in [0.3, 0.4) is 0 Å². The second-order valence-corrected chi connectivity index (χ2v) is 4.26. The highest BCUT2D eigenvalue weighted by atomic mass is 16.6. The molecule has 1 rings (SSSR count). The summed E-state index contributed by atoms with van der Waals surface area (Å²) in [7, 11) is 1.42. The molecule has 0 saturated heterocycles. The highest BCUT2D eigenvalue weighted by Gasteiger charge is 2.17. The predicted molar refractivity (Wildman–Crippen MR) is 73.0 cm³/mol. The van der Waals surface area contributed by atoms with Gasteiger partial charge >= 0.3 is 5.69 Å². The van der Waals surface area contributed by atoms with Gasteiger partial charge in [-0.2, -0.15) is 0 Å². The molecule has 0 aliphatic heterocycles. The zero-order valence-corrected chi connectivity index (χ0v) is 11.7. The van der Waals surface area contributed by atoms with Crippen LogP contribution in [-0.4, -0.2) is 30.6 Å². The minimum absolute atomic E-state index is 0.0371. The Hall–Kier alpha value is -2.31. The lowest BCUT2D eigenvalue weighted by atomic mass is 10.2. The molecule has 0 aliphatic rings. The Bertz CT molecular complexity index is 490. The van der Waals surface area contributed by atoms with Crippen LogP contribution in [0.4, 0.5) is 5.69 Å². The van der Waals surface area contributed by atoms with Gasteiger partial charge in [-0.1, -0.05) is 6.92 Å². The molecule has 1 amide bonds. The Kier molecular flexibility index (Phi) is 5.76. The number of ether oxygens (including phenoxy) is 2. The summed E-state index contributed by atoms with van der Waals surface area (Å²) in [6, 6.07) is 4.24. The highest BCUT2D eigenvalue weighted by molar-refractivity contribution is 5.78. The Labute approximate surface area is 117 Å². The van der Waals surface area contributed by atoms with E-state index >= 15 is 0 Å². The van der Waals surface area contributed by atoms with Crippen LogP contribution in [0.1, 0.15) is 20.3 Å². The van der Waals surface area contributed by atoms with E-state index in [-0.39, 0.29) is 30.0 Å². The fourth-order valence-corrected chi connectivity index (χ4v) is 1.45. The van der Waals surface area contributed by atoms with E-state index in [1.807, 2.05) is 13.8 Å². The number of hydrogen-bond donors (Lipinski definition) is 1. The normalized spacial score (nSPS) is 11.6. The van der Waals surface area contributed by atoms with Crippen LogP contribution < -0.4 is 14.8 Å². The summed E-state index contributed by atoms with van der Waals surface area (Å²) in [5, 5.41) is 13.6. The van der Waals surface area contributed by atoms with Crippen molar-refractivity contribution in [2.45, 2.75) is 26.3 Å². The van der Waals surface area contributed by atoms with Crippen molar-refractivity contribution in [1.82, 2.24) is 5.32 Å². The van der Waals surface area contributed by atoms with Gasteiger partial charge in [0.25, 0.3) is 5.91 Å². The second-order valence-electron chi connectivity index (χ2n) is 4.26. The molecule has 0 saturated carbocycles. The quantitative estimate of drug-likeness (QED) is 0.609. The molecule has 1 aromatic carbocycles. The van der Waals surface area contributed by atoms with E-state index in [1.165, 1.54) is 25.3 Å². The van der Waals surface area contributed by atoms with Gasteiger partial charge in [0.05, 0.1) is 18.1 Å². The summed E-state index contributed by atoms with van der Waals surface area (Å²) < 4.78 is 10.1. The minimum atomic E-state index is -0.579. The topological polar surface area (TPSA) is 90.7 Å². The number of methoxy groups -OCH3 is 1. The summed E-state index contributed by atoms with van der Waals surface area (Å²) in [6.45, 7) is 3.55. The third-order valence-electron chi connectivity index (χ3n) is 2.74. The number of nitrogens with one attached hydrogen (secondary N) is 1. The average molecular weight is 282 g/mol. The van der Waals surface area contributed by atoms with E-state index in [1.54, 1.807) is 0 Å². The number of nitro groups is 1. The molecule has 0 aromatic heterocycles. The van der Waals surface area contributed by atoms with Crippen molar-refractivity contribution in [3.05, 3.63) is 28.3 Å². The van der Waals surface area contributed by atoms with E-state index in [2.05, 4.69) is 5.32 Å². The average Bonchev–Trinajstić information content (AvgIpc) is 2.44. The van der Waals surface area contributed by atoms with Crippen molar-refractivity contribution >= 4 is 11.6 Å². The molecule has 0 aliphatic carbocycles. The van der Waals surface area contributed by atoms with E-state index < -0.39 is 4.92 Å². The summed E-state index contributed by atoms with van der Waals surface area (Å²) in [6.07, 6.45) is 0.800. The molecule has 0 heterocycles. The standard InChI is InChI=1S/C13H18N2O5/c1-4-9(2)14-13(16)8-20-12-6-5-10(19-3)7-11(12)15(17)18/h5-7,9H,4,8H2,1-3H3,(H,14,16)/t9-/m1/s1. The van der Waals surface area contributed by atoms with Gasteiger partial charge < -0.3 is 14.8 Å². The van der Waals surface area contributed by atoms with Gasteiger partial charge in [-0.05, 0) is 25.5 Å². The van der Waals surface area contributed by atoms with Gasteiger partial charge in [-0.25, -0.2) is 0 Å². The first kappa shape index (κ1) is 15.7. The third kappa shape index (κ3) is 4.42. The molecule has 1 atom stereocenters. The number of rotatable bonds is 7. The minimum Gasteiger partial charge on any atom is -0.496 e. The Balaban J connectivity index is 2.72. The summed E-state index contributed by atoms with van der Waals surface area (Å²) in [4.78, 5) is 21.9. The number of carbonyl (C=O) groups excluding carboxylic acids is 1. The van der Waals surface area contributed by atoms with Gasteiger partial charge in [0, 0.05) is 6.04 Å². The van der Waals surface area contributed by atoms with E-state index in [0.29, 0.717) is 5.75 Å². The highest BCUT2D eigenvalue weighted by Crippen LogP contribution is 2.30. The molecule has 0 radical (unpaired) electrons. The van der Waals surface area contributed by atoms with Crippen molar-refractivity contribution in [2.24, 2.45) is 0 Å². The molecule has 110 valence electrons. The molecule has 0 fully saturated rings. The fraction of sp³-hybridized carbons (Fsp3) is 0.462. The van der Waals surface area contributed by atoms with Crippen LogP contribution in [0.15, 0.2) is 18.2 Å². The summed E-state index contributed by atoms with van der Waals surface area (Å²) >= 11 is 0. The van der Waals surface area contributed by atoms with Gasteiger partial charge in [-0.3, -0.25) is 14.9 Å². The summed E-state index contributed by atoms with van der Waals surface area (Å²) in [5.41, 5.74) is -0.235. The number of nitro benzene ring substituents is 1. The second kappa shape index (κ2) is 7.32. The van der Waals surface area contributed by atoms with Crippen LogP contribution in [-0.2, 0) is 4.79 Å². The third-order valence-corrected chi connectivity index (χ3v) is 2.74. The maximum atomic E-state index is 11.6. The van der Waals surface area contributed by atoms with E-state index in [4.69, 9.17) is 9.47 Å². The molecule has 20 heavy (non-hydrogen) atoms. The molecule has 0 spiro atoms. The Morgan fingerprint density at radius 3 is 2.75 bits per heavy atom. The molecular formula is C13H18N2O5. The Morgan fingerprint density at radius 2 is 2.20 bits per heavy atom. The molecule has 7 nitrogen and oxygen atoms in total. The molecule has 0 bridgehead atoms. The van der Waals surface area contributed by atoms with Crippen LogP contribution in [0.2, 0.25) is 0 Å². The van der Waals surface area contributed by atoms with Gasteiger partial charge in [0.1, 0.15) is 5.75 Å². The van der Waals surface area contributed by atoms with Crippen molar-refractivity contribution in [3.63, 3.8) is 0 Å². The number of nitrogens with zero attached hydrogens (tertiary/aromatic N) is 1. The fourth-order valence-electron chi connectivity index (χ4n) is 1.45. The lowest BCUT2D eigenvalue weighted by molar-refractivity contribution is -0.385. The predicted octanol–water partition coefficient (Wildman–Crippen LogP) is 1.90. The van der Waals surface area contributed by atoms with Gasteiger partial charge in [0.15, 0.2) is 12.4 Å². The van der Waals surface area contributed by atoms with E-state index in [9.17, 15) is 14.9 Å². The summed E-state index contributed by atoms with van der Waals surface area (Å²) in [5.74, 6) is 0.0766. The van der Waals surface area contributed by atoms with Crippen molar-refractivity contribution in [3.8, 4) is 11.5 Å². The zero-order valence-electron chi connectivity index (χ0n) is 11.7. The van der Waals surface area contributed by atoms with Crippen molar-refractivity contribution < 1.29 is 19.2 Å².